The van der Waals surface area contributed by atoms with E-state index < -0.39 is 11.5 Å². The predicted octanol–water partition coefficient (Wildman–Crippen LogP) is 3.31. The summed E-state index contributed by atoms with van der Waals surface area (Å²) >= 11 is 0. The van der Waals surface area contributed by atoms with Gasteiger partial charge in [-0.15, -0.1) is 0 Å². The first-order valence-corrected chi connectivity index (χ1v) is 9.09. The van der Waals surface area contributed by atoms with E-state index in [0.717, 1.165) is 39.0 Å². The van der Waals surface area contributed by atoms with Gasteiger partial charge in [0, 0.05) is 29.1 Å². The molecule has 5 heteroatoms. The molecule has 0 amide bonds. The maximum absolute atomic E-state index is 10.6. The summed E-state index contributed by atoms with van der Waals surface area (Å²) in [6, 6.07) is 18.4. The van der Waals surface area contributed by atoms with Crippen molar-refractivity contribution >= 4 is 11.0 Å². The van der Waals surface area contributed by atoms with Gasteiger partial charge in [-0.25, -0.2) is 9.97 Å². The fourth-order valence-corrected chi connectivity index (χ4v) is 4.42. The predicted molar refractivity (Wildman–Crippen MR) is 105 cm³/mol. The molecular formula is C22H20N4O. The van der Waals surface area contributed by atoms with Crippen LogP contribution in [0.15, 0.2) is 67.1 Å². The molecule has 4 aromatic rings. The first-order valence-electron chi connectivity index (χ1n) is 9.09. The van der Waals surface area contributed by atoms with Gasteiger partial charge in [0.1, 0.15) is 12.0 Å². The number of H-pyrrole nitrogens is 1. The van der Waals surface area contributed by atoms with E-state index in [0.29, 0.717) is 13.0 Å². The van der Waals surface area contributed by atoms with Gasteiger partial charge in [-0.1, -0.05) is 42.5 Å². The molecule has 5 rings (SSSR count). The number of nitrogens with zero attached hydrogens (tertiary/aromatic N) is 2. The van der Waals surface area contributed by atoms with Crippen LogP contribution in [0.5, 0.6) is 0 Å². The van der Waals surface area contributed by atoms with E-state index in [1.165, 1.54) is 0 Å². The highest BCUT2D eigenvalue weighted by atomic mass is 16.3. The van der Waals surface area contributed by atoms with E-state index >= 15 is 0 Å². The number of aromatic nitrogens is 3. The lowest BCUT2D eigenvalue weighted by Crippen LogP contribution is -2.34. The molecule has 0 unspecified atom stereocenters. The zero-order valence-corrected chi connectivity index (χ0v) is 14.8. The number of nitrogens with one attached hydrogen (secondary N) is 1. The van der Waals surface area contributed by atoms with Crippen molar-refractivity contribution in [3.05, 3.63) is 83.8 Å². The third-order valence-corrected chi connectivity index (χ3v) is 5.77. The average Bonchev–Trinajstić information content (AvgIpc) is 3.31. The number of rotatable bonds is 3. The Morgan fingerprint density at radius 2 is 2.00 bits per heavy atom. The summed E-state index contributed by atoms with van der Waals surface area (Å²) in [5, 5.41) is 11.6. The molecule has 0 saturated heterocycles. The van der Waals surface area contributed by atoms with Gasteiger partial charge >= 0.3 is 0 Å². The fraction of sp³-hybridized carbons (Fsp3) is 0.182. The molecule has 0 bridgehead atoms. The number of benzene rings is 2. The molecule has 27 heavy (non-hydrogen) atoms. The summed E-state index contributed by atoms with van der Waals surface area (Å²) in [6.45, 7) is 0.438. The third-order valence-electron chi connectivity index (χ3n) is 5.77. The Kier molecular flexibility index (Phi) is 3.60. The van der Waals surface area contributed by atoms with Crippen LogP contribution in [0.3, 0.4) is 0 Å². The zero-order chi connectivity index (χ0) is 18.4. The van der Waals surface area contributed by atoms with Crippen LogP contribution in [0.4, 0.5) is 0 Å². The number of aliphatic hydroxyl groups is 1. The van der Waals surface area contributed by atoms with Crippen LogP contribution in [0, 0.1) is 0 Å². The Labute approximate surface area is 156 Å². The molecule has 1 aliphatic carbocycles. The second-order valence-corrected chi connectivity index (χ2v) is 7.14. The first kappa shape index (κ1) is 16.2. The number of fused-ring (bicyclic) bond motifs is 2. The highest BCUT2D eigenvalue weighted by molar-refractivity contribution is 5.90. The lowest BCUT2D eigenvalue weighted by Gasteiger charge is -2.30. The Balaban J connectivity index is 1.69. The molecule has 0 spiro atoms. The van der Waals surface area contributed by atoms with Gasteiger partial charge < -0.3 is 15.8 Å². The number of hydrogen-bond donors (Lipinski definition) is 3. The molecule has 134 valence electrons. The molecule has 0 fully saturated rings. The largest absolute Gasteiger partial charge is 0.388 e. The minimum absolute atomic E-state index is 0.393. The molecule has 2 aromatic heterocycles. The highest BCUT2D eigenvalue weighted by Crippen LogP contribution is 2.48. The van der Waals surface area contributed by atoms with E-state index in [1.54, 1.807) is 6.33 Å². The summed E-state index contributed by atoms with van der Waals surface area (Å²) < 4.78 is 0. The van der Waals surface area contributed by atoms with E-state index in [9.17, 15) is 5.11 Å². The molecule has 1 aliphatic rings. The monoisotopic (exact) mass is 356 g/mol. The van der Waals surface area contributed by atoms with Crippen molar-refractivity contribution in [2.45, 2.75) is 17.9 Å². The summed E-state index contributed by atoms with van der Waals surface area (Å²) in [5.41, 5.74) is 11.8. The van der Waals surface area contributed by atoms with Crippen molar-refractivity contribution in [1.82, 2.24) is 15.0 Å². The van der Waals surface area contributed by atoms with E-state index in [2.05, 4.69) is 39.2 Å². The average molecular weight is 356 g/mol. The van der Waals surface area contributed by atoms with Crippen LogP contribution in [-0.4, -0.2) is 26.6 Å². The van der Waals surface area contributed by atoms with Crippen molar-refractivity contribution in [1.29, 1.82) is 0 Å². The summed E-state index contributed by atoms with van der Waals surface area (Å²) in [4.78, 5) is 11.9. The Morgan fingerprint density at radius 1 is 1.11 bits per heavy atom. The van der Waals surface area contributed by atoms with Gasteiger partial charge in [0.25, 0.3) is 0 Å². The number of hydrogen-bond acceptors (Lipinski definition) is 4. The molecule has 2 heterocycles. The second-order valence-electron chi connectivity index (χ2n) is 7.14. The molecule has 2 aromatic carbocycles. The van der Waals surface area contributed by atoms with Gasteiger partial charge in [0.2, 0.25) is 0 Å². The smallest absolute Gasteiger partial charge is 0.141 e. The van der Waals surface area contributed by atoms with E-state index in [4.69, 9.17) is 5.73 Å². The normalized spacial score (nSPS) is 21.5. The number of aromatic amines is 1. The van der Waals surface area contributed by atoms with Crippen LogP contribution in [0.25, 0.3) is 22.3 Å². The van der Waals surface area contributed by atoms with Crippen molar-refractivity contribution in [2.24, 2.45) is 5.73 Å². The van der Waals surface area contributed by atoms with Crippen molar-refractivity contribution in [2.75, 3.05) is 6.54 Å². The Bertz CT molecular complexity index is 1140. The van der Waals surface area contributed by atoms with Gasteiger partial charge in [-0.3, -0.25) is 0 Å². The van der Waals surface area contributed by atoms with Gasteiger partial charge in [-0.2, -0.15) is 0 Å². The maximum atomic E-state index is 10.6. The van der Waals surface area contributed by atoms with Gasteiger partial charge in [-0.05, 0) is 35.2 Å². The Morgan fingerprint density at radius 3 is 2.89 bits per heavy atom. The van der Waals surface area contributed by atoms with E-state index in [-0.39, 0.29) is 0 Å². The quantitative estimate of drug-likeness (QED) is 0.525. The number of nitrogens with two attached hydrogens (primary N) is 1. The lowest BCUT2D eigenvalue weighted by atomic mass is 9.75. The van der Waals surface area contributed by atoms with Crippen molar-refractivity contribution in [3.8, 4) is 11.3 Å². The first-order chi connectivity index (χ1) is 13.2. The summed E-state index contributed by atoms with van der Waals surface area (Å²) in [7, 11) is 0. The second kappa shape index (κ2) is 6.01. The zero-order valence-electron chi connectivity index (χ0n) is 14.8. The van der Waals surface area contributed by atoms with Crippen LogP contribution in [0.1, 0.15) is 29.2 Å². The topological polar surface area (TPSA) is 87.8 Å². The fourth-order valence-electron chi connectivity index (χ4n) is 4.42. The molecule has 0 aliphatic heterocycles. The van der Waals surface area contributed by atoms with Gasteiger partial charge in [0.05, 0.1) is 11.8 Å². The van der Waals surface area contributed by atoms with Crippen LogP contribution < -0.4 is 5.73 Å². The SMILES string of the molecule is NC[C@]1(c2cccc(-c3ncnc4[nH]ccc34)c2)C[C@@H](O)c2ccccc21. The molecule has 4 N–H and O–H groups in total. The highest BCUT2D eigenvalue weighted by Gasteiger charge is 2.43. The number of aliphatic hydroxyl groups excluding tert-OH is 1. The Hall–Kier alpha value is -3.02. The van der Waals surface area contributed by atoms with Crippen molar-refractivity contribution in [3.63, 3.8) is 0 Å². The third kappa shape index (κ3) is 2.32. The molecule has 2 atom stereocenters. The lowest BCUT2D eigenvalue weighted by molar-refractivity contribution is 0.163. The molecule has 0 saturated carbocycles. The maximum Gasteiger partial charge on any atom is 0.141 e. The summed E-state index contributed by atoms with van der Waals surface area (Å²) in [5.74, 6) is 0. The molecular weight excluding hydrogens is 336 g/mol. The van der Waals surface area contributed by atoms with E-state index in [1.807, 2.05) is 36.5 Å². The van der Waals surface area contributed by atoms with Crippen LogP contribution >= 0.6 is 0 Å². The van der Waals surface area contributed by atoms with Crippen LogP contribution in [0.2, 0.25) is 0 Å². The minimum atomic E-state index is -0.496. The molecule has 0 radical (unpaired) electrons. The minimum Gasteiger partial charge on any atom is -0.388 e. The van der Waals surface area contributed by atoms with Crippen molar-refractivity contribution < 1.29 is 5.11 Å². The molecule has 5 nitrogen and oxygen atoms in total. The standard InChI is InChI=1S/C22H20N4O/c23-12-22(11-19(27)16-6-1-2-7-18(16)22)15-5-3-4-14(10-15)20-17-8-9-24-21(17)26-13-25-20/h1-10,13,19,27H,11-12,23H2,(H,24,25,26)/t19-,22+/m1/s1. The summed E-state index contributed by atoms with van der Waals surface area (Å²) in [6.07, 6.45) is 3.55. The van der Waals surface area contributed by atoms with Gasteiger partial charge in [0.15, 0.2) is 0 Å². The van der Waals surface area contributed by atoms with Crippen LogP contribution in [-0.2, 0) is 5.41 Å².